The fraction of sp³-hybridized carbons (Fsp3) is 0.333. The van der Waals surface area contributed by atoms with Gasteiger partial charge in [-0.15, -0.1) is 0 Å². The third-order valence-corrected chi connectivity index (χ3v) is 7.20. The van der Waals surface area contributed by atoms with Crippen LogP contribution >= 0.6 is 0 Å². The van der Waals surface area contributed by atoms with Crippen molar-refractivity contribution in [1.82, 2.24) is 0 Å². The number of phenols is 2. The predicted octanol–water partition coefficient (Wildman–Crippen LogP) is 3.00. The molecule has 2 nitrogen and oxygen atoms in total. The van der Waals surface area contributed by atoms with E-state index in [9.17, 15) is 10.2 Å². The van der Waals surface area contributed by atoms with Crippen LogP contribution in [-0.4, -0.2) is 31.1 Å². The number of phenolic OH excluding ortho intramolecular Hbond substituents is 2. The zero-order valence-corrected chi connectivity index (χ0v) is 15.3. The second-order valence-corrected chi connectivity index (χ2v) is 8.72. The second kappa shape index (κ2) is 6.73. The van der Waals surface area contributed by atoms with Gasteiger partial charge in [0.05, 0.1) is 0 Å². The fourth-order valence-electron chi connectivity index (χ4n) is 2.32. The Balaban J connectivity index is 2.53. The Hall–Kier alpha value is -1.17. The molecule has 2 rings (SSSR count). The zero-order valence-electron chi connectivity index (χ0n) is 12.9. The number of hydrogen-bond acceptors (Lipinski definition) is 2. The monoisotopic (exact) mass is 400 g/mol. The van der Waals surface area contributed by atoms with Gasteiger partial charge >= 0.3 is 137 Å². The van der Waals surface area contributed by atoms with Crippen molar-refractivity contribution in [2.75, 3.05) is 0 Å². The van der Waals surface area contributed by atoms with Crippen LogP contribution in [0.15, 0.2) is 36.4 Å². The molecule has 0 bridgehead atoms. The molecule has 0 saturated heterocycles. The van der Waals surface area contributed by atoms with E-state index in [-0.39, 0.29) is 0 Å². The maximum absolute atomic E-state index is 10.3. The molecule has 0 atom stereocenters. The average Bonchev–Trinajstić information content (AvgIpc) is 2.42. The second-order valence-electron chi connectivity index (χ2n) is 5.80. The number of benzene rings is 2. The van der Waals surface area contributed by atoms with Crippen LogP contribution in [0.2, 0.25) is 0 Å². The van der Waals surface area contributed by atoms with Gasteiger partial charge in [-0.3, -0.25) is 0 Å². The summed E-state index contributed by atoms with van der Waals surface area (Å²) < 4.78 is 2.09. The summed E-state index contributed by atoms with van der Waals surface area (Å²) in [5.41, 5.74) is 2.38. The summed E-state index contributed by atoms with van der Waals surface area (Å²) in [7, 11) is 0. The van der Waals surface area contributed by atoms with Crippen molar-refractivity contribution in [3.8, 4) is 11.5 Å². The van der Waals surface area contributed by atoms with E-state index in [2.05, 4.69) is 39.8 Å². The topological polar surface area (TPSA) is 40.5 Å². The Kier molecular flexibility index (Phi) is 5.19. The van der Waals surface area contributed by atoms with Gasteiger partial charge in [-0.1, -0.05) is 0 Å². The van der Waals surface area contributed by atoms with Crippen LogP contribution in [-0.2, 0) is 0 Å². The molecule has 2 aromatic carbocycles. The van der Waals surface area contributed by atoms with Gasteiger partial charge in [0, 0.05) is 0 Å². The van der Waals surface area contributed by atoms with E-state index in [0.29, 0.717) is 23.3 Å². The van der Waals surface area contributed by atoms with Crippen molar-refractivity contribution in [3.05, 3.63) is 47.5 Å². The van der Waals surface area contributed by atoms with Crippen LogP contribution in [0.4, 0.5) is 0 Å². The Morgan fingerprint density at radius 2 is 1.10 bits per heavy atom. The Labute approximate surface area is 136 Å². The van der Waals surface area contributed by atoms with Crippen LogP contribution in [0, 0.1) is 0 Å². The molecule has 0 heterocycles. The summed E-state index contributed by atoms with van der Waals surface area (Å²) in [6, 6.07) is 11.5. The zero-order chi connectivity index (χ0) is 15.6. The van der Waals surface area contributed by atoms with Gasteiger partial charge in [0.1, 0.15) is 0 Å². The molecule has 0 aromatic heterocycles. The van der Waals surface area contributed by atoms with Gasteiger partial charge in [0.15, 0.2) is 0 Å². The van der Waals surface area contributed by atoms with Gasteiger partial charge < -0.3 is 0 Å². The van der Waals surface area contributed by atoms with Crippen LogP contribution in [0.1, 0.15) is 50.7 Å². The van der Waals surface area contributed by atoms with E-state index < -0.39 is 20.9 Å². The summed E-state index contributed by atoms with van der Waals surface area (Å²) >= 11 is -0.840. The SMILES string of the molecule is CC(C)c1cccc(O)c1[Te]c1c(O)cccc1C(C)C. The molecule has 0 aliphatic carbocycles. The van der Waals surface area contributed by atoms with Crippen LogP contribution in [0.25, 0.3) is 0 Å². The standard InChI is InChI=1S/C18H22O2Te/c1-11(2)13-7-5-9-15(19)17(13)21-18-14(12(3)4)8-6-10-16(18)20/h5-12,19-20H,1-4H3. The van der Waals surface area contributed by atoms with Gasteiger partial charge in [-0.2, -0.15) is 0 Å². The number of hydrogen-bond donors (Lipinski definition) is 2. The number of aromatic hydroxyl groups is 2. The third kappa shape index (κ3) is 3.54. The summed E-state index contributed by atoms with van der Waals surface area (Å²) in [6.07, 6.45) is 0. The first-order valence-corrected chi connectivity index (χ1v) is 9.56. The minimum atomic E-state index is -0.840. The fourth-order valence-corrected chi connectivity index (χ4v) is 6.29. The molecule has 0 spiro atoms. The minimum absolute atomic E-state index is 0.363. The van der Waals surface area contributed by atoms with E-state index in [1.807, 2.05) is 12.1 Å². The van der Waals surface area contributed by atoms with Gasteiger partial charge in [0.2, 0.25) is 0 Å². The molecule has 2 aromatic rings. The average molecular weight is 398 g/mol. The Bertz CT molecular complexity index is 578. The molecule has 0 aliphatic heterocycles. The normalized spacial score (nSPS) is 11.3. The van der Waals surface area contributed by atoms with Crippen molar-refractivity contribution in [2.45, 2.75) is 39.5 Å². The molecule has 0 radical (unpaired) electrons. The summed E-state index contributed by atoms with van der Waals surface area (Å²) in [5, 5.41) is 20.5. The van der Waals surface area contributed by atoms with E-state index >= 15 is 0 Å². The van der Waals surface area contributed by atoms with E-state index in [4.69, 9.17) is 0 Å². The molecule has 0 unspecified atom stereocenters. The predicted molar refractivity (Wildman–Crippen MR) is 89.4 cm³/mol. The van der Waals surface area contributed by atoms with Crippen molar-refractivity contribution in [2.24, 2.45) is 0 Å². The van der Waals surface area contributed by atoms with Crippen LogP contribution < -0.4 is 7.22 Å². The quantitative estimate of drug-likeness (QED) is 0.778. The Morgan fingerprint density at radius 1 is 0.714 bits per heavy atom. The molecule has 0 amide bonds. The van der Waals surface area contributed by atoms with Gasteiger partial charge in [0.25, 0.3) is 0 Å². The van der Waals surface area contributed by atoms with Crippen molar-refractivity contribution >= 4 is 28.1 Å². The molecule has 0 fully saturated rings. The first-order valence-electron chi connectivity index (χ1n) is 7.23. The van der Waals surface area contributed by atoms with Crippen molar-refractivity contribution in [1.29, 1.82) is 0 Å². The van der Waals surface area contributed by atoms with Crippen molar-refractivity contribution in [3.63, 3.8) is 0 Å². The maximum atomic E-state index is 10.3. The first kappa shape index (κ1) is 16.2. The summed E-state index contributed by atoms with van der Waals surface area (Å²) in [5.74, 6) is 1.46. The van der Waals surface area contributed by atoms with Crippen molar-refractivity contribution < 1.29 is 10.2 Å². The third-order valence-electron chi connectivity index (χ3n) is 3.50. The molecule has 2 N–H and O–H groups in total. The summed E-state index contributed by atoms with van der Waals surface area (Å²) in [6.45, 7) is 8.55. The van der Waals surface area contributed by atoms with E-state index in [1.54, 1.807) is 12.1 Å². The summed E-state index contributed by atoms with van der Waals surface area (Å²) in [4.78, 5) is 0. The Morgan fingerprint density at radius 3 is 1.43 bits per heavy atom. The molecule has 0 aliphatic rings. The number of rotatable bonds is 4. The van der Waals surface area contributed by atoms with E-state index in [1.165, 1.54) is 11.1 Å². The molecule has 3 heteroatoms. The molecule has 21 heavy (non-hydrogen) atoms. The van der Waals surface area contributed by atoms with Crippen LogP contribution in [0.3, 0.4) is 0 Å². The molecule has 0 saturated carbocycles. The molecular formula is C18H22O2Te. The first-order chi connectivity index (χ1) is 9.91. The molecular weight excluding hydrogens is 376 g/mol. The van der Waals surface area contributed by atoms with Gasteiger partial charge in [-0.05, 0) is 0 Å². The molecule has 112 valence electrons. The van der Waals surface area contributed by atoms with E-state index in [0.717, 1.165) is 7.22 Å². The van der Waals surface area contributed by atoms with Gasteiger partial charge in [-0.25, -0.2) is 0 Å². The van der Waals surface area contributed by atoms with Crippen LogP contribution in [0.5, 0.6) is 11.5 Å².